The van der Waals surface area contributed by atoms with Gasteiger partial charge in [-0.3, -0.25) is 9.78 Å². The number of nitrogens with zero attached hydrogens (tertiary/aromatic N) is 4. The van der Waals surface area contributed by atoms with Crippen LogP contribution in [0.2, 0.25) is 0 Å². The van der Waals surface area contributed by atoms with Crippen LogP contribution in [0.1, 0.15) is 57.2 Å². The lowest BCUT2D eigenvalue weighted by molar-refractivity contribution is -0.134. The van der Waals surface area contributed by atoms with Crippen molar-refractivity contribution in [2.45, 2.75) is 56.8 Å². The van der Waals surface area contributed by atoms with E-state index in [4.69, 9.17) is 14.2 Å². The summed E-state index contributed by atoms with van der Waals surface area (Å²) >= 11 is 0. The fourth-order valence-electron chi connectivity index (χ4n) is 4.78. The van der Waals surface area contributed by atoms with Crippen LogP contribution in [0, 0.1) is 5.92 Å². The number of hydrogen-bond acceptors (Lipinski definition) is 6. The molecule has 3 heterocycles. The number of hydrogen-bond donors (Lipinski definition) is 0. The van der Waals surface area contributed by atoms with Crippen molar-refractivity contribution < 1.29 is 14.1 Å². The number of ether oxygens (including phenoxy) is 1. The number of carbonyl (C=O) groups is 1. The Morgan fingerprint density at radius 3 is 2.97 bits per heavy atom. The van der Waals surface area contributed by atoms with Crippen molar-refractivity contribution in [3.05, 3.63) is 30.4 Å². The fourth-order valence-corrected chi connectivity index (χ4v) is 4.78. The molecule has 0 radical (unpaired) electrons. The SMILES string of the molecule is COCCC1(c2noc(-c3cccnc3)n2)CCCN(C(=O)CC2CCCC2)C1. The number of amides is 1. The van der Waals surface area contributed by atoms with Crippen molar-refractivity contribution in [1.82, 2.24) is 20.0 Å². The summed E-state index contributed by atoms with van der Waals surface area (Å²) in [6, 6.07) is 3.76. The Bertz CT molecular complexity index is 803. The van der Waals surface area contributed by atoms with Gasteiger partial charge in [0.15, 0.2) is 5.82 Å². The normalized spacial score (nSPS) is 22.9. The summed E-state index contributed by atoms with van der Waals surface area (Å²) in [5.74, 6) is 1.97. The van der Waals surface area contributed by atoms with E-state index in [1.54, 1.807) is 19.5 Å². The Morgan fingerprint density at radius 2 is 2.21 bits per heavy atom. The van der Waals surface area contributed by atoms with Gasteiger partial charge in [0, 0.05) is 45.6 Å². The summed E-state index contributed by atoms with van der Waals surface area (Å²) in [4.78, 5) is 23.9. The van der Waals surface area contributed by atoms with Gasteiger partial charge in [0.25, 0.3) is 5.89 Å². The maximum atomic E-state index is 13.0. The van der Waals surface area contributed by atoms with Crippen LogP contribution in [0.5, 0.6) is 0 Å². The third kappa shape index (κ3) is 4.50. The lowest BCUT2D eigenvalue weighted by Gasteiger charge is -2.41. The number of carbonyl (C=O) groups excluding carboxylic acids is 1. The lowest BCUT2D eigenvalue weighted by Crippen LogP contribution is -2.49. The van der Waals surface area contributed by atoms with E-state index in [1.807, 2.05) is 17.0 Å². The van der Waals surface area contributed by atoms with Crippen LogP contribution in [-0.2, 0) is 14.9 Å². The molecular formula is C22H30N4O3. The van der Waals surface area contributed by atoms with Crippen molar-refractivity contribution >= 4 is 5.91 Å². The van der Waals surface area contributed by atoms with Gasteiger partial charge >= 0.3 is 0 Å². The number of piperidine rings is 1. The molecule has 7 heteroatoms. The highest BCUT2D eigenvalue weighted by Gasteiger charge is 2.42. The van der Waals surface area contributed by atoms with Gasteiger partial charge in [-0.2, -0.15) is 4.98 Å². The van der Waals surface area contributed by atoms with Gasteiger partial charge in [0.1, 0.15) is 0 Å². The summed E-state index contributed by atoms with van der Waals surface area (Å²) in [5, 5.41) is 4.33. The van der Waals surface area contributed by atoms with Crippen LogP contribution < -0.4 is 0 Å². The highest BCUT2D eigenvalue weighted by molar-refractivity contribution is 5.76. The number of methoxy groups -OCH3 is 1. The first-order chi connectivity index (χ1) is 14.2. The monoisotopic (exact) mass is 398 g/mol. The maximum Gasteiger partial charge on any atom is 0.259 e. The summed E-state index contributed by atoms with van der Waals surface area (Å²) < 4.78 is 11.0. The Balaban J connectivity index is 1.54. The molecule has 156 valence electrons. The van der Waals surface area contributed by atoms with E-state index in [9.17, 15) is 4.79 Å². The zero-order valence-electron chi connectivity index (χ0n) is 17.2. The first-order valence-electron chi connectivity index (χ1n) is 10.7. The molecule has 1 saturated heterocycles. The Kier molecular flexibility index (Phi) is 6.23. The number of pyridine rings is 1. The van der Waals surface area contributed by atoms with Gasteiger partial charge in [-0.05, 0) is 50.2 Å². The third-order valence-electron chi connectivity index (χ3n) is 6.46. The van der Waals surface area contributed by atoms with Crippen molar-refractivity contribution in [1.29, 1.82) is 0 Å². The molecule has 2 fully saturated rings. The van der Waals surface area contributed by atoms with Crippen LogP contribution in [-0.4, -0.2) is 52.7 Å². The van der Waals surface area contributed by atoms with Gasteiger partial charge in [-0.15, -0.1) is 0 Å². The smallest absolute Gasteiger partial charge is 0.259 e. The minimum atomic E-state index is -0.330. The molecule has 2 aromatic heterocycles. The Hall–Kier alpha value is -2.28. The van der Waals surface area contributed by atoms with E-state index in [-0.39, 0.29) is 11.3 Å². The maximum absolute atomic E-state index is 13.0. The van der Waals surface area contributed by atoms with Crippen LogP contribution in [0.15, 0.2) is 29.0 Å². The zero-order chi connectivity index (χ0) is 20.1. The van der Waals surface area contributed by atoms with Crippen molar-refractivity contribution in [3.8, 4) is 11.5 Å². The van der Waals surface area contributed by atoms with E-state index in [2.05, 4.69) is 10.1 Å². The predicted octanol–water partition coefficient (Wildman–Crippen LogP) is 3.61. The van der Waals surface area contributed by atoms with E-state index < -0.39 is 0 Å². The molecule has 1 saturated carbocycles. The van der Waals surface area contributed by atoms with Gasteiger partial charge in [-0.1, -0.05) is 18.0 Å². The molecular weight excluding hydrogens is 368 g/mol. The molecule has 0 aromatic carbocycles. The fraction of sp³-hybridized carbons (Fsp3) is 0.636. The van der Waals surface area contributed by atoms with Crippen LogP contribution in [0.25, 0.3) is 11.5 Å². The van der Waals surface area contributed by atoms with Crippen molar-refractivity contribution in [2.24, 2.45) is 5.92 Å². The molecule has 29 heavy (non-hydrogen) atoms. The number of likely N-dealkylation sites (tertiary alicyclic amines) is 1. The predicted molar refractivity (Wildman–Crippen MR) is 108 cm³/mol. The first kappa shape index (κ1) is 20.0. The standard InChI is InChI=1S/C22H30N4O3/c1-28-13-10-22(21-24-20(29-25-21)18-8-4-11-23-15-18)9-5-12-26(16-22)19(27)14-17-6-2-3-7-17/h4,8,11,15,17H,2-3,5-7,9-10,12-14,16H2,1H3. The summed E-state index contributed by atoms with van der Waals surface area (Å²) in [7, 11) is 1.71. The molecule has 0 bridgehead atoms. The van der Waals surface area contributed by atoms with E-state index in [1.165, 1.54) is 25.7 Å². The molecule has 0 spiro atoms. The largest absolute Gasteiger partial charge is 0.385 e. The minimum Gasteiger partial charge on any atom is -0.385 e. The lowest BCUT2D eigenvalue weighted by atomic mass is 9.76. The molecule has 1 atom stereocenters. The van der Waals surface area contributed by atoms with E-state index in [0.29, 0.717) is 37.2 Å². The Morgan fingerprint density at radius 1 is 1.34 bits per heavy atom. The molecule has 7 nitrogen and oxygen atoms in total. The molecule has 0 N–H and O–H groups in total. The van der Waals surface area contributed by atoms with Crippen molar-refractivity contribution in [3.63, 3.8) is 0 Å². The van der Waals surface area contributed by atoms with Gasteiger partial charge < -0.3 is 14.2 Å². The highest BCUT2D eigenvalue weighted by Crippen LogP contribution is 2.37. The van der Waals surface area contributed by atoms with Crippen LogP contribution >= 0.6 is 0 Å². The summed E-state index contributed by atoms with van der Waals surface area (Å²) in [5.41, 5.74) is 0.474. The van der Waals surface area contributed by atoms with Crippen LogP contribution in [0.3, 0.4) is 0 Å². The second kappa shape index (κ2) is 9.03. The Labute approximate surface area is 171 Å². The minimum absolute atomic E-state index is 0.273. The molecule has 1 aliphatic carbocycles. The summed E-state index contributed by atoms with van der Waals surface area (Å²) in [6.07, 6.45) is 11.6. The van der Waals surface area contributed by atoms with Gasteiger partial charge in [-0.25, -0.2) is 0 Å². The topological polar surface area (TPSA) is 81.3 Å². The number of rotatable bonds is 7. The second-order valence-corrected chi connectivity index (χ2v) is 8.46. The number of aromatic nitrogens is 3. The van der Waals surface area contributed by atoms with E-state index in [0.717, 1.165) is 31.4 Å². The van der Waals surface area contributed by atoms with Gasteiger partial charge in [0.05, 0.1) is 11.0 Å². The van der Waals surface area contributed by atoms with Crippen molar-refractivity contribution in [2.75, 3.05) is 26.8 Å². The molecule has 2 aromatic rings. The zero-order valence-corrected chi connectivity index (χ0v) is 17.2. The molecule has 1 amide bonds. The first-order valence-corrected chi connectivity index (χ1v) is 10.7. The average Bonchev–Trinajstić information content (AvgIpc) is 3.46. The molecule has 4 rings (SSSR count). The highest BCUT2D eigenvalue weighted by atomic mass is 16.5. The molecule has 2 aliphatic rings. The van der Waals surface area contributed by atoms with Crippen LogP contribution in [0.4, 0.5) is 0 Å². The van der Waals surface area contributed by atoms with E-state index >= 15 is 0 Å². The van der Waals surface area contributed by atoms with Gasteiger partial charge in [0.2, 0.25) is 5.91 Å². The second-order valence-electron chi connectivity index (χ2n) is 8.46. The summed E-state index contributed by atoms with van der Waals surface area (Å²) in [6.45, 7) is 2.04. The average molecular weight is 399 g/mol. The quantitative estimate of drug-likeness (QED) is 0.709. The molecule has 1 aliphatic heterocycles. The molecule has 1 unspecified atom stereocenters. The third-order valence-corrected chi connectivity index (χ3v) is 6.46.